The monoisotopic (exact) mass is 440 g/mol. The van der Waals surface area contributed by atoms with Crippen LogP contribution in [0.25, 0.3) is 0 Å². The summed E-state index contributed by atoms with van der Waals surface area (Å²) >= 11 is 18.3. The van der Waals surface area contributed by atoms with Crippen molar-refractivity contribution >= 4 is 46.6 Å². The molecule has 0 radical (unpaired) electrons. The summed E-state index contributed by atoms with van der Waals surface area (Å²) in [5.41, 5.74) is 1.50. The van der Waals surface area contributed by atoms with E-state index in [0.717, 1.165) is 11.1 Å². The van der Waals surface area contributed by atoms with Crippen LogP contribution in [0.2, 0.25) is 15.1 Å². The summed E-state index contributed by atoms with van der Waals surface area (Å²) < 4.78 is 0. The number of hydrogen-bond donors (Lipinski definition) is 1. The molecule has 1 N–H and O–H groups in total. The smallest absolute Gasteiger partial charge is 0.242 e. The first kappa shape index (κ1) is 22.5. The molecule has 1 unspecified atom stereocenters. The molecule has 2 amide bonds. The lowest BCUT2D eigenvalue weighted by atomic mass is 10.1. The topological polar surface area (TPSA) is 49.4 Å². The zero-order valence-corrected chi connectivity index (χ0v) is 18.3. The van der Waals surface area contributed by atoms with E-state index in [9.17, 15) is 9.59 Å². The molecule has 0 aliphatic carbocycles. The van der Waals surface area contributed by atoms with Crippen molar-refractivity contribution in [3.05, 3.63) is 68.7 Å². The van der Waals surface area contributed by atoms with Crippen molar-refractivity contribution in [2.45, 2.75) is 45.8 Å². The van der Waals surface area contributed by atoms with Gasteiger partial charge in [-0.25, -0.2) is 0 Å². The van der Waals surface area contributed by atoms with Gasteiger partial charge in [0, 0.05) is 27.7 Å². The van der Waals surface area contributed by atoms with Crippen molar-refractivity contribution in [1.82, 2.24) is 10.2 Å². The highest BCUT2D eigenvalue weighted by Crippen LogP contribution is 2.24. The predicted octanol–water partition coefficient (Wildman–Crippen LogP) is 5.13. The lowest BCUT2D eigenvalue weighted by Crippen LogP contribution is -2.49. The minimum Gasteiger partial charge on any atom is -0.352 e. The molecule has 4 nitrogen and oxygen atoms in total. The van der Waals surface area contributed by atoms with Crippen molar-refractivity contribution in [3.8, 4) is 0 Å². The Hall–Kier alpha value is -1.75. The van der Waals surface area contributed by atoms with Gasteiger partial charge < -0.3 is 10.2 Å². The average molecular weight is 442 g/mol. The largest absolute Gasteiger partial charge is 0.352 e. The van der Waals surface area contributed by atoms with Crippen LogP contribution >= 0.6 is 34.8 Å². The second kappa shape index (κ2) is 10.1. The van der Waals surface area contributed by atoms with Gasteiger partial charge in [-0.1, -0.05) is 53.0 Å². The lowest BCUT2D eigenvalue weighted by molar-refractivity contribution is -0.140. The van der Waals surface area contributed by atoms with Crippen LogP contribution in [0.5, 0.6) is 0 Å². The number of benzene rings is 2. The highest BCUT2D eigenvalue weighted by molar-refractivity contribution is 6.35. The van der Waals surface area contributed by atoms with E-state index in [1.54, 1.807) is 43.3 Å². The van der Waals surface area contributed by atoms with Crippen molar-refractivity contribution in [2.24, 2.45) is 0 Å². The molecule has 7 heteroatoms. The third-order valence-corrected chi connectivity index (χ3v) is 5.02. The van der Waals surface area contributed by atoms with Gasteiger partial charge in [-0.05, 0) is 56.2 Å². The van der Waals surface area contributed by atoms with E-state index >= 15 is 0 Å². The van der Waals surface area contributed by atoms with E-state index in [0.29, 0.717) is 15.1 Å². The van der Waals surface area contributed by atoms with Gasteiger partial charge in [0.1, 0.15) is 6.04 Å². The van der Waals surface area contributed by atoms with Gasteiger partial charge in [0.2, 0.25) is 11.8 Å². The second-order valence-corrected chi connectivity index (χ2v) is 8.18. The van der Waals surface area contributed by atoms with Crippen LogP contribution < -0.4 is 5.32 Å². The Morgan fingerprint density at radius 2 is 1.68 bits per heavy atom. The van der Waals surface area contributed by atoms with Crippen LogP contribution in [0, 0.1) is 0 Å². The van der Waals surface area contributed by atoms with Gasteiger partial charge in [-0.3, -0.25) is 9.59 Å². The third-order valence-electron chi connectivity index (χ3n) is 4.20. The molecule has 2 rings (SSSR count). The van der Waals surface area contributed by atoms with Crippen LogP contribution in [0.4, 0.5) is 0 Å². The Bertz CT molecular complexity index is 855. The summed E-state index contributed by atoms with van der Waals surface area (Å²) in [4.78, 5) is 27.1. The Morgan fingerprint density at radius 1 is 1.00 bits per heavy atom. The van der Waals surface area contributed by atoms with Gasteiger partial charge in [-0.15, -0.1) is 0 Å². The van der Waals surface area contributed by atoms with Crippen LogP contribution in [-0.2, 0) is 22.6 Å². The standard InChI is InChI=1S/C21H23Cl3N2O2/c1-13(2)25-21(28)14(3)26(12-16-7-8-18(23)11-19(16)24)20(27)10-15-5-4-6-17(22)9-15/h4-9,11,13-14H,10,12H2,1-3H3,(H,25,28). The highest BCUT2D eigenvalue weighted by atomic mass is 35.5. The number of rotatable bonds is 7. The number of hydrogen-bond acceptors (Lipinski definition) is 2. The molecular weight excluding hydrogens is 419 g/mol. The molecule has 1 atom stereocenters. The van der Waals surface area contributed by atoms with Crippen molar-refractivity contribution in [1.29, 1.82) is 0 Å². The Kier molecular flexibility index (Phi) is 8.17. The van der Waals surface area contributed by atoms with Gasteiger partial charge in [0.25, 0.3) is 0 Å². The lowest BCUT2D eigenvalue weighted by Gasteiger charge is -2.30. The van der Waals surface area contributed by atoms with E-state index in [1.165, 1.54) is 4.90 Å². The Labute approximate surface area is 180 Å². The SMILES string of the molecule is CC(C)NC(=O)C(C)N(Cc1ccc(Cl)cc1Cl)C(=O)Cc1cccc(Cl)c1. The number of amides is 2. The maximum absolute atomic E-state index is 13.1. The molecule has 0 saturated carbocycles. The summed E-state index contributed by atoms with van der Waals surface area (Å²) in [5, 5.41) is 4.37. The minimum atomic E-state index is -0.666. The van der Waals surface area contributed by atoms with E-state index in [2.05, 4.69) is 5.32 Å². The summed E-state index contributed by atoms with van der Waals surface area (Å²) in [5.74, 6) is -0.417. The fourth-order valence-electron chi connectivity index (χ4n) is 2.74. The molecule has 0 aliphatic heterocycles. The van der Waals surface area contributed by atoms with E-state index in [-0.39, 0.29) is 30.8 Å². The number of carbonyl (C=O) groups excluding carboxylic acids is 2. The molecule has 2 aromatic carbocycles. The average Bonchev–Trinajstić information content (AvgIpc) is 2.59. The molecule has 0 saturated heterocycles. The molecule has 0 bridgehead atoms. The maximum Gasteiger partial charge on any atom is 0.242 e. The van der Waals surface area contributed by atoms with Crippen molar-refractivity contribution < 1.29 is 9.59 Å². The van der Waals surface area contributed by atoms with Crippen LogP contribution in [0.3, 0.4) is 0 Å². The highest BCUT2D eigenvalue weighted by Gasteiger charge is 2.27. The molecule has 2 aromatic rings. The summed E-state index contributed by atoms with van der Waals surface area (Å²) in [7, 11) is 0. The molecule has 28 heavy (non-hydrogen) atoms. The molecule has 0 aliphatic rings. The number of carbonyl (C=O) groups is 2. The first-order valence-corrected chi connectivity index (χ1v) is 10.1. The van der Waals surface area contributed by atoms with Crippen LogP contribution in [-0.4, -0.2) is 28.8 Å². The summed E-state index contributed by atoms with van der Waals surface area (Å²) in [6, 6.07) is 11.5. The Morgan fingerprint density at radius 3 is 2.29 bits per heavy atom. The molecule has 0 aromatic heterocycles. The first-order chi connectivity index (χ1) is 13.2. The summed E-state index contributed by atoms with van der Waals surface area (Å²) in [6.45, 7) is 5.65. The van der Waals surface area contributed by atoms with E-state index < -0.39 is 6.04 Å². The normalized spacial score (nSPS) is 12.0. The molecule has 150 valence electrons. The minimum absolute atomic E-state index is 0.0287. The van der Waals surface area contributed by atoms with Crippen molar-refractivity contribution in [2.75, 3.05) is 0 Å². The zero-order chi connectivity index (χ0) is 20.8. The van der Waals surface area contributed by atoms with Crippen LogP contribution in [0.1, 0.15) is 31.9 Å². The van der Waals surface area contributed by atoms with Gasteiger partial charge in [-0.2, -0.15) is 0 Å². The number of nitrogens with zero attached hydrogens (tertiary/aromatic N) is 1. The second-order valence-electron chi connectivity index (χ2n) is 6.90. The molecule has 0 heterocycles. The fraction of sp³-hybridized carbons (Fsp3) is 0.333. The van der Waals surface area contributed by atoms with E-state index in [4.69, 9.17) is 34.8 Å². The molecule has 0 fully saturated rings. The van der Waals surface area contributed by atoms with Crippen LogP contribution in [0.15, 0.2) is 42.5 Å². The first-order valence-electron chi connectivity index (χ1n) is 8.95. The predicted molar refractivity (Wildman–Crippen MR) is 115 cm³/mol. The number of nitrogens with one attached hydrogen (secondary N) is 1. The Balaban J connectivity index is 2.28. The fourth-order valence-corrected chi connectivity index (χ4v) is 3.43. The van der Waals surface area contributed by atoms with Crippen molar-refractivity contribution in [3.63, 3.8) is 0 Å². The molecular formula is C21H23Cl3N2O2. The maximum atomic E-state index is 13.1. The zero-order valence-electron chi connectivity index (χ0n) is 16.0. The van der Waals surface area contributed by atoms with E-state index in [1.807, 2.05) is 19.9 Å². The van der Waals surface area contributed by atoms with Gasteiger partial charge in [0.05, 0.1) is 6.42 Å². The third kappa shape index (κ3) is 6.40. The molecule has 0 spiro atoms. The number of halogens is 3. The van der Waals surface area contributed by atoms with Gasteiger partial charge >= 0.3 is 0 Å². The van der Waals surface area contributed by atoms with Gasteiger partial charge in [0.15, 0.2) is 0 Å². The summed E-state index contributed by atoms with van der Waals surface area (Å²) in [6.07, 6.45) is 0.130. The quantitative estimate of drug-likeness (QED) is 0.647.